The van der Waals surface area contributed by atoms with Gasteiger partial charge in [-0.2, -0.15) is 0 Å². The number of anilines is 1. The minimum Gasteiger partial charge on any atom is -0.350 e. The smallest absolute Gasteiger partial charge is 0.249 e. The van der Waals surface area contributed by atoms with E-state index in [1.54, 1.807) is 11.8 Å². The number of imide groups is 1. The summed E-state index contributed by atoms with van der Waals surface area (Å²) in [6, 6.07) is 5.27. The molecule has 5 nitrogen and oxygen atoms in total. The van der Waals surface area contributed by atoms with Gasteiger partial charge < -0.3 is 10.6 Å². The van der Waals surface area contributed by atoms with Gasteiger partial charge in [0, 0.05) is 10.5 Å². The van der Waals surface area contributed by atoms with Crippen LogP contribution in [0.25, 0.3) is 0 Å². The molecule has 1 aliphatic heterocycles. The summed E-state index contributed by atoms with van der Waals surface area (Å²) in [7, 11) is 0. The molecular formula is C13H16BrN3O2. The summed E-state index contributed by atoms with van der Waals surface area (Å²) in [4.78, 5) is 24.9. The van der Waals surface area contributed by atoms with Crippen molar-refractivity contribution in [3.8, 4) is 0 Å². The van der Waals surface area contributed by atoms with Gasteiger partial charge in [0.25, 0.3) is 0 Å². The number of nitrogens with one attached hydrogen (secondary N) is 1. The molecule has 0 aliphatic carbocycles. The van der Waals surface area contributed by atoms with E-state index >= 15 is 0 Å². The molecule has 0 aromatic heterocycles. The Kier molecular flexibility index (Phi) is 3.91. The molecule has 2 rings (SSSR count). The Bertz CT molecular complexity index is 531. The van der Waals surface area contributed by atoms with Crippen molar-refractivity contribution in [2.75, 3.05) is 11.4 Å². The topological polar surface area (TPSA) is 75.4 Å². The van der Waals surface area contributed by atoms with Crippen LogP contribution in [0.15, 0.2) is 22.7 Å². The third kappa shape index (κ3) is 2.79. The molecule has 1 unspecified atom stereocenters. The maximum atomic E-state index is 11.7. The van der Waals surface area contributed by atoms with Crippen LogP contribution in [-0.4, -0.2) is 24.4 Å². The van der Waals surface area contributed by atoms with Crippen LogP contribution in [-0.2, 0) is 9.59 Å². The fourth-order valence-corrected chi connectivity index (χ4v) is 2.67. The second-order valence-electron chi connectivity index (χ2n) is 4.72. The first-order valence-electron chi connectivity index (χ1n) is 6.05. The van der Waals surface area contributed by atoms with Crippen LogP contribution in [0, 0.1) is 0 Å². The molecule has 102 valence electrons. The number of hydrogen-bond acceptors (Lipinski definition) is 4. The van der Waals surface area contributed by atoms with Crippen molar-refractivity contribution in [1.29, 1.82) is 0 Å². The van der Waals surface area contributed by atoms with Crippen molar-refractivity contribution < 1.29 is 9.59 Å². The molecule has 2 atom stereocenters. The molecule has 0 saturated carbocycles. The standard InChI is InChI=1S/C13H16BrN3O2/c1-7(15)9-3-4-11(10(14)5-9)17-6-12(18)16-13(19)8(17)2/h3-5,7-8H,6,15H2,1-2H3,(H,16,18,19)/t7-,8?/m1/s1. The van der Waals surface area contributed by atoms with Gasteiger partial charge in [0.1, 0.15) is 6.04 Å². The molecule has 0 bridgehead atoms. The Morgan fingerprint density at radius 2 is 2.16 bits per heavy atom. The number of rotatable bonds is 2. The molecular weight excluding hydrogens is 310 g/mol. The normalized spacial score (nSPS) is 21.3. The van der Waals surface area contributed by atoms with Crippen LogP contribution >= 0.6 is 15.9 Å². The van der Waals surface area contributed by atoms with Gasteiger partial charge in [-0.05, 0) is 47.5 Å². The molecule has 1 aromatic rings. The predicted molar refractivity (Wildman–Crippen MR) is 76.7 cm³/mol. The van der Waals surface area contributed by atoms with E-state index in [-0.39, 0.29) is 30.4 Å². The van der Waals surface area contributed by atoms with Crippen molar-refractivity contribution in [1.82, 2.24) is 5.32 Å². The summed E-state index contributed by atoms with van der Waals surface area (Å²) in [5.41, 5.74) is 7.65. The number of hydrogen-bond donors (Lipinski definition) is 2. The van der Waals surface area contributed by atoms with E-state index in [1.165, 1.54) is 0 Å². The van der Waals surface area contributed by atoms with Crippen LogP contribution in [0.3, 0.4) is 0 Å². The minimum absolute atomic E-state index is 0.0611. The summed E-state index contributed by atoms with van der Waals surface area (Å²) >= 11 is 3.48. The first kappa shape index (κ1) is 14.0. The SMILES string of the molecule is CC1C(=O)NC(=O)CN1c1ccc([C@@H](C)N)cc1Br. The molecule has 1 heterocycles. The molecule has 3 N–H and O–H groups in total. The van der Waals surface area contributed by atoms with Gasteiger partial charge in [-0.25, -0.2) is 0 Å². The van der Waals surface area contributed by atoms with E-state index < -0.39 is 0 Å². The Labute approximate surface area is 120 Å². The number of piperazine rings is 1. The van der Waals surface area contributed by atoms with E-state index in [0.29, 0.717) is 0 Å². The number of benzene rings is 1. The van der Waals surface area contributed by atoms with Crippen molar-refractivity contribution >= 4 is 33.4 Å². The molecule has 0 radical (unpaired) electrons. The molecule has 1 saturated heterocycles. The first-order chi connectivity index (χ1) is 8.90. The lowest BCUT2D eigenvalue weighted by Gasteiger charge is -2.34. The van der Waals surface area contributed by atoms with Crippen LogP contribution in [0.2, 0.25) is 0 Å². The van der Waals surface area contributed by atoms with Gasteiger partial charge >= 0.3 is 0 Å². The van der Waals surface area contributed by atoms with Crippen LogP contribution in [0.5, 0.6) is 0 Å². The van der Waals surface area contributed by atoms with Crippen LogP contribution < -0.4 is 16.0 Å². The van der Waals surface area contributed by atoms with Crippen LogP contribution in [0.1, 0.15) is 25.5 Å². The first-order valence-corrected chi connectivity index (χ1v) is 6.85. The Hall–Kier alpha value is -1.40. The number of carbonyl (C=O) groups excluding carboxylic acids is 2. The zero-order chi connectivity index (χ0) is 14.2. The Balaban J connectivity index is 2.35. The monoisotopic (exact) mass is 325 g/mol. The average molecular weight is 326 g/mol. The number of halogens is 1. The van der Waals surface area contributed by atoms with Gasteiger partial charge in [0.2, 0.25) is 11.8 Å². The van der Waals surface area contributed by atoms with E-state index in [0.717, 1.165) is 15.7 Å². The maximum absolute atomic E-state index is 11.7. The highest BCUT2D eigenvalue weighted by Crippen LogP contribution is 2.30. The average Bonchev–Trinajstić information content (AvgIpc) is 2.33. The quantitative estimate of drug-likeness (QED) is 0.804. The summed E-state index contributed by atoms with van der Waals surface area (Å²) < 4.78 is 0.830. The molecule has 1 fully saturated rings. The Morgan fingerprint density at radius 3 is 2.74 bits per heavy atom. The molecule has 1 aliphatic rings. The molecule has 2 amide bonds. The van der Waals surface area contributed by atoms with Gasteiger partial charge in [-0.3, -0.25) is 14.9 Å². The zero-order valence-corrected chi connectivity index (χ0v) is 12.4. The number of carbonyl (C=O) groups is 2. The number of nitrogens with two attached hydrogens (primary N) is 1. The highest BCUT2D eigenvalue weighted by Gasteiger charge is 2.31. The van der Waals surface area contributed by atoms with Gasteiger partial charge in [0.05, 0.1) is 12.2 Å². The lowest BCUT2D eigenvalue weighted by molar-refractivity contribution is -0.132. The molecule has 0 spiro atoms. The third-order valence-corrected chi connectivity index (χ3v) is 3.87. The van der Waals surface area contributed by atoms with Crippen LogP contribution in [0.4, 0.5) is 5.69 Å². The van der Waals surface area contributed by atoms with Crippen molar-refractivity contribution in [3.05, 3.63) is 28.2 Å². The fraction of sp³-hybridized carbons (Fsp3) is 0.385. The zero-order valence-electron chi connectivity index (χ0n) is 10.8. The fourth-order valence-electron chi connectivity index (χ4n) is 2.05. The predicted octanol–water partition coefficient (Wildman–Crippen LogP) is 1.32. The van der Waals surface area contributed by atoms with E-state index in [1.807, 2.05) is 25.1 Å². The van der Waals surface area contributed by atoms with Gasteiger partial charge in [-0.15, -0.1) is 0 Å². The lowest BCUT2D eigenvalue weighted by Crippen LogP contribution is -2.57. The van der Waals surface area contributed by atoms with E-state index in [9.17, 15) is 9.59 Å². The Morgan fingerprint density at radius 1 is 1.47 bits per heavy atom. The minimum atomic E-state index is -0.379. The second-order valence-corrected chi connectivity index (χ2v) is 5.57. The maximum Gasteiger partial charge on any atom is 0.249 e. The van der Waals surface area contributed by atoms with Gasteiger partial charge in [0.15, 0.2) is 0 Å². The molecule has 1 aromatic carbocycles. The van der Waals surface area contributed by atoms with Crippen molar-refractivity contribution in [2.45, 2.75) is 25.9 Å². The van der Waals surface area contributed by atoms with E-state index in [4.69, 9.17) is 5.73 Å². The summed E-state index contributed by atoms with van der Waals surface area (Å²) in [6.07, 6.45) is 0. The van der Waals surface area contributed by atoms with E-state index in [2.05, 4.69) is 21.2 Å². The second kappa shape index (κ2) is 5.30. The number of amides is 2. The number of nitrogens with zero attached hydrogens (tertiary/aromatic N) is 1. The molecule has 6 heteroatoms. The molecule has 19 heavy (non-hydrogen) atoms. The highest BCUT2D eigenvalue weighted by molar-refractivity contribution is 9.10. The third-order valence-electron chi connectivity index (χ3n) is 3.23. The largest absolute Gasteiger partial charge is 0.350 e. The summed E-state index contributed by atoms with van der Waals surface area (Å²) in [5.74, 6) is -0.564. The summed E-state index contributed by atoms with van der Waals surface area (Å²) in [6.45, 7) is 3.85. The highest BCUT2D eigenvalue weighted by atomic mass is 79.9. The van der Waals surface area contributed by atoms with Gasteiger partial charge in [-0.1, -0.05) is 6.07 Å². The van der Waals surface area contributed by atoms with Crippen molar-refractivity contribution in [2.24, 2.45) is 5.73 Å². The summed E-state index contributed by atoms with van der Waals surface area (Å²) in [5, 5.41) is 2.32. The van der Waals surface area contributed by atoms with Crippen molar-refractivity contribution in [3.63, 3.8) is 0 Å². The lowest BCUT2D eigenvalue weighted by atomic mass is 10.1.